The molecule has 1 aliphatic carbocycles. The molecule has 5 aliphatic heterocycles. The van der Waals surface area contributed by atoms with Crippen molar-refractivity contribution >= 4 is 45.9 Å². The second-order valence-corrected chi connectivity index (χ2v) is 26.2. The molecule has 484 valence electrons. The number of carbonyl (C=O) groups is 1. The summed E-state index contributed by atoms with van der Waals surface area (Å²) in [4.78, 5) is 26.7. The van der Waals surface area contributed by atoms with Crippen LogP contribution in [-0.4, -0.2) is 121 Å². The summed E-state index contributed by atoms with van der Waals surface area (Å²) < 4.78 is 75.3. The summed E-state index contributed by atoms with van der Waals surface area (Å²) in [5, 5.41) is 17.6. The predicted molar refractivity (Wildman–Crippen MR) is 356 cm³/mol. The van der Waals surface area contributed by atoms with Crippen LogP contribution in [0.25, 0.3) is 22.6 Å². The van der Waals surface area contributed by atoms with Gasteiger partial charge in [-0.15, -0.1) is 0 Å². The van der Waals surface area contributed by atoms with Gasteiger partial charge in [0.15, 0.2) is 16.8 Å². The fraction of sp³-hybridized carbons (Fsp3) is 0.435. The summed E-state index contributed by atoms with van der Waals surface area (Å²) >= 11 is 0. The van der Waals surface area contributed by atoms with Gasteiger partial charge in [-0.25, -0.2) is 4.98 Å². The van der Waals surface area contributed by atoms with Crippen molar-refractivity contribution in [2.24, 2.45) is 0 Å². The SMILES string of the molecule is CC1(C)OB(/C=C/CO)OC1(C)C.CC1(C)OB(/C=C/COc2ccc(C=O)cc2)OC1(C)C.CC1(C)OB(/C=C/COc2ccc(CO)cc2)OC1(C)C.CC1(C)OB(/C=C/COc2ccc(COc3ccc4nc5ccc(=O)cc-5oc4c3)cc2)OC1(C)C. The van der Waals surface area contributed by atoms with Gasteiger partial charge in [0.25, 0.3) is 0 Å². The molecule has 4 aromatic carbocycles. The Labute approximate surface area is 538 Å². The van der Waals surface area contributed by atoms with Gasteiger partial charge in [-0.05, 0) is 195 Å². The number of hydrogen-bond acceptors (Lipinski definition) is 18. The third-order valence-electron chi connectivity index (χ3n) is 17.2. The van der Waals surface area contributed by atoms with Gasteiger partial charge in [0.2, 0.25) is 0 Å². The van der Waals surface area contributed by atoms with Crippen LogP contribution in [0.3, 0.4) is 0 Å². The third-order valence-corrected chi connectivity index (χ3v) is 17.2. The highest BCUT2D eigenvalue weighted by molar-refractivity contribution is 6.52. The zero-order valence-corrected chi connectivity index (χ0v) is 55.6. The van der Waals surface area contributed by atoms with Gasteiger partial charge in [0, 0.05) is 17.7 Å². The Morgan fingerprint density at radius 1 is 0.429 bits per heavy atom. The Morgan fingerprint density at radius 2 is 0.791 bits per heavy atom. The van der Waals surface area contributed by atoms with Gasteiger partial charge >= 0.3 is 28.5 Å². The number of fused-ring (bicyclic) bond motifs is 2. The highest BCUT2D eigenvalue weighted by Crippen LogP contribution is 2.40. The summed E-state index contributed by atoms with van der Waals surface area (Å²) in [6.07, 6.45) is 8.10. The molecule has 0 radical (unpaired) electrons. The van der Waals surface area contributed by atoms with Crippen molar-refractivity contribution in [3.05, 3.63) is 184 Å². The first-order valence-corrected chi connectivity index (χ1v) is 30.7. The van der Waals surface area contributed by atoms with Crippen LogP contribution < -0.4 is 24.4 Å². The smallest absolute Gasteiger partial charge is 0.486 e. The molecule has 2 N–H and O–H groups in total. The van der Waals surface area contributed by atoms with Crippen LogP contribution in [0, 0.1) is 0 Å². The number of aliphatic hydroxyl groups is 2. The first-order valence-electron chi connectivity index (χ1n) is 30.7. The quantitative estimate of drug-likeness (QED) is 0.0438. The molecule has 18 nitrogen and oxygen atoms in total. The van der Waals surface area contributed by atoms with Crippen LogP contribution in [0.4, 0.5) is 0 Å². The van der Waals surface area contributed by atoms with Crippen LogP contribution in [0.2, 0.25) is 0 Å². The zero-order chi connectivity index (χ0) is 66.5. The van der Waals surface area contributed by atoms with Crippen LogP contribution in [0.1, 0.15) is 132 Å². The van der Waals surface area contributed by atoms with Crippen molar-refractivity contribution in [3.63, 3.8) is 0 Å². The van der Waals surface area contributed by atoms with E-state index in [2.05, 4.69) is 4.98 Å². The molecule has 0 atom stereocenters. The van der Waals surface area contributed by atoms with E-state index >= 15 is 0 Å². The largest absolute Gasteiger partial charge is 0.490 e. The fourth-order valence-corrected chi connectivity index (χ4v) is 8.83. The number of aliphatic hydroxyl groups excluding tert-OH is 2. The minimum Gasteiger partial charge on any atom is -0.490 e. The number of aromatic nitrogens is 1. The molecule has 6 aliphatic rings. The number of rotatable bonds is 19. The van der Waals surface area contributed by atoms with Gasteiger partial charge in [-0.1, -0.05) is 72.5 Å². The topological polar surface area (TPSA) is 211 Å². The maximum Gasteiger partial charge on any atom is 0.486 e. The first kappa shape index (κ1) is 71.6. The molecule has 91 heavy (non-hydrogen) atoms. The van der Waals surface area contributed by atoms with Crippen molar-refractivity contribution in [1.29, 1.82) is 0 Å². The van der Waals surface area contributed by atoms with E-state index in [4.69, 9.17) is 70.8 Å². The molecule has 10 rings (SSSR count). The lowest BCUT2D eigenvalue weighted by Gasteiger charge is -2.32. The molecule has 0 saturated carbocycles. The van der Waals surface area contributed by atoms with Crippen LogP contribution >= 0.6 is 0 Å². The lowest BCUT2D eigenvalue weighted by molar-refractivity contribution is 0.00578. The first-order chi connectivity index (χ1) is 42.7. The lowest BCUT2D eigenvalue weighted by Crippen LogP contribution is -2.41. The fourth-order valence-electron chi connectivity index (χ4n) is 8.83. The van der Waals surface area contributed by atoms with E-state index in [0.29, 0.717) is 60.3 Å². The average Bonchev–Trinajstić information content (AvgIpc) is 1.81. The maximum absolute atomic E-state index is 11.6. The summed E-state index contributed by atoms with van der Waals surface area (Å²) in [5.74, 6) is 10.7. The molecule has 4 saturated heterocycles. The summed E-state index contributed by atoms with van der Waals surface area (Å²) in [5.41, 5.74) is 1.71. The van der Waals surface area contributed by atoms with E-state index in [9.17, 15) is 9.59 Å². The maximum atomic E-state index is 11.6. The van der Waals surface area contributed by atoms with E-state index < -0.39 is 0 Å². The number of benzene rings is 5. The minimum atomic E-state index is -0.375. The average molecular weight is 1250 g/mol. The third kappa shape index (κ3) is 19.6. The van der Waals surface area contributed by atoms with Gasteiger partial charge < -0.3 is 70.8 Å². The Hall–Kier alpha value is -6.81. The van der Waals surface area contributed by atoms with E-state index in [1.165, 1.54) is 12.1 Å². The lowest BCUT2D eigenvalue weighted by atomic mass is 9.90. The molecular formula is C69H89B4NO17. The van der Waals surface area contributed by atoms with E-state index in [1.807, 2.05) is 208 Å². The van der Waals surface area contributed by atoms with Crippen molar-refractivity contribution < 1.29 is 75.6 Å². The zero-order valence-electron chi connectivity index (χ0n) is 55.6. The number of nitrogens with zero attached hydrogens (tertiary/aromatic N) is 1. The molecule has 5 heterocycles. The Kier molecular flexibility index (Phi) is 23.8. The molecule has 0 aromatic heterocycles. The number of aldehydes is 1. The number of hydrogen-bond donors (Lipinski definition) is 2. The monoisotopic (exact) mass is 1250 g/mol. The Balaban J connectivity index is 0.000000185. The van der Waals surface area contributed by atoms with Gasteiger partial charge in [0.1, 0.15) is 66.9 Å². The summed E-state index contributed by atoms with van der Waals surface area (Å²) in [7, 11) is -1.40. The molecule has 0 unspecified atom stereocenters. The van der Waals surface area contributed by atoms with E-state index in [0.717, 1.165) is 34.7 Å². The second kappa shape index (κ2) is 30.3. The Morgan fingerprint density at radius 3 is 1.16 bits per heavy atom. The van der Waals surface area contributed by atoms with Crippen LogP contribution in [-0.2, 0) is 50.4 Å². The molecule has 0 spiro atoms. The van der Waals surface area contributed by atoms with Gasteiger partial charge in [0.05, 0.1) is 58.0 Å². The van der Waals surface area contributed by atoms with Crippen molar-refractivity contribution in [2.75, 3.05) is 26.4 Å². The molecule has 0 bridgehead atoms. The molecule has 22 heteroatoms. The van der Waals surface area contributed by atoms with Gasteiger partial charge in [-0.2, -0.15) is 0 Å². The second-order valence-electron chi connectivity index (χ2n) is 26.2. The highest BCUT2D eigenvalue weighted by Gasteiger charge is 2.53. The molecular weight excluding hydrogens is 1160 g/mol. The number of carbonyl (C=O) groups excluding carboxylic acids is 1. The molecule has 4 aromatic rings. The standard InChI is InChI=1S/C28H28BNO6.C16H23BO4.C16H21BO4.C9H17BO3/c1-27(2)28(3,4)36-29(35-27)14-5-15-32-21-9-6-19(7-10-21)18-33-22-11-13-24-26(17-22)34-25-16-20(31)8-12-23(25)30-24;2*1-15(2)16(3,4)21-17(20-15)10-5-11-19-14-8-6-13(12-18)7-9-14;1-8(2)9(3,4)13-10(12-8)6-5-7-11/h5-14,16-17H,15,18H2,1-4H3;5-10,18H,11-12H2,1-4H3;5-10,12H,11H2,1-4H3;5-6,11H,7H2,1-4H3/b14-5+;2*10-5+;6-5+. The normalized spacial score (nSPS) is 19.5. The van der Waals surface area contributed by atoms with Crippen molar-refractivity contribution in [3.8, 4) is 34.5 Å². The predicted octanol–water partition coefficient (Wildman–Crippen LogP) is 12.4. The number of ether oxygens (including phenoxy) is 4. The Bertz CT molecular complexity index is 3400. The van der Waals surface area contributed by atoms with E-state index in [-0.39, 0.29) is 91.9 Å². The highest BCUT2D eigenvalue weighted by atomic mass is 16.7. The van der Waals surface area contributed by atoms with Gasteiger partial charge in [-0.3, -0.25) is 9.59 Å². The molecule has 4 fully saturated rings. The summed E-state index contributed by atoms with van der Waals surface area (Å²) in [6.45, 7) is 34.0. The van der Waals surface area contributed by atoms with Crippen molar-refractivity contribution in [1.82, 2.24) is 4.98 Å². The molecule has 0 amide bonds. The van der Waals surface area contributed by atoms with Crippen molar-refractivity contribution in [2.45, 2.75) is 169 Å². The minimum absolute atomic E-state index is 0.0179. The van der Waals surface area contributed by atoms with Crippen LogP contribution in [0.15, 0.2) is 167 Å². The summed E-state index contributed by atoms with van der Waals surface area (Å²) in [6, 6.07) is 32.1. The van der Waals surface area contributed by atoms with Crippen LogP contribution in [0.5, 0.6) is 23.0 Å². The van der Waals surface area contributed by atoms with E-state index in [1.54, 1.807) is 48.4 Å².